The molecule has 0 amide bonds. The zero-order valence-corrected chi connectivity index (χ0v) is 11.0. The van der Waals surface area contributed by atoms with Gasteiger partial charge in [-0.25, -0.2) is 13.1 Å². The Morgan fingerprint density at radius 2 is 2.39 bits per heavy atom. The first-order valence-corrected chi connectivity index (χ1v) is 7.33. The van der Waals surface area contributed by atoms with E-state index in [1.165, 1.54) is 22.8 Å². The minimum atomic E-state index is -3.65. The summed E-state index contributed by atoms with van der Waals surface area (Å²) in [7, 11) is -3.65. The maximum Gasteiger partial charge on any atom is 0.242 e. The Hall–Kier alpha value is -1.36. The van der Waals surface area contributed by atoms with Crippen molar-refractivity contribution in [2.45, 2.75) is 24.5 Å². The highest BCUT2D eigenvalue weighted by molar-refractivity contribution is 7.89. The second-order valence-corrected chi connectivity index (χ2v) is 6.23. The van der Waals surface area contributed by atoms with Gasteiger partial charge in [-0.05, 0) is 13.0 Å². The van der Waals surface area contributed by atoms with Crippen LogP contribution in [0.1, 0.15) is 23.7 Å². The van der Waals surface area contributed by atoms with Gasteiger partial charge in [0.1, 0.15) is 0 Å². The third kappa shape index (κ3) is 2.72. The summed E-state index contributed by atoms with van der Waals surface area (Å²) in [5, 5.41) is 23.4. The molecule has 0 fully saturated rings. The number of rotatable bonds is 5. The normalized spacial score (nSPS) is 13.7. The molecule has 0 bridgehead atoms. The second-order valence-electron chi connectivity index (χ2n) is 3.52. The minimum absolute atomic E-state index is 0.117. The topological polar surface area (TPSA) is 121 Å². The number of nitrogens with zero attached hydrogens (tertiary/aromatic N) is 3. The van der Waals surface area contributed by atoms with Gasteiger partial charge < -0.3 is 5.11 Å². The first-order valence-electron chi connectivity index (χ1n) is 4.97. The molecule has 0 spiro atoms. The molecule has 1 unspecified atom stereocenters. The Morgan fingerprint density at radius 1 is 1.61 bits per heavy atom. The maximum absolute atomic E-state index is 12.0. The van der Waals surface area contributed by atoms with Crippen molar-refractivity contribution in [3.8, 4) is 0 Å². The van der Waals surface area contributed by atoms with Gasteiger partial charge in [0.15, 0.2) is 5.82 Å². The molecule has 2 rings (SSSR count). The summed E-state index contributed by atoms with van der Waals surface area (Å²) < 4.78 is 26.4. The summed E-state index contributed by atoms with van der Waals surface area (Å²) in [6.45, 7) is 1.43. The number of thiophene rings is 1. The number of aliphatic hydroxyl groups excluding tert-OH is 1. The lowest BCUT2D eigenvalue weighted by Gasteiger charge is -2.09. The molecule has 0 radical (unpaired) electrons. The van der Waals surface area contributed by atoms with Crippen molar-refractivity contribution in [1.29, 1.82) is 0 Å². The summed E-state index contributed by atoms with van der Waals surface area (Å²) in [6, 6.07) is 0.835. The summed E-state index contributed by atoms with van der Waals surface area (Å²) in [5.41, 5.74) is 0. The van der Waals surface area contributed by atoms with Crippen LogP contribution in [0.25, 0.3) is 0 Å². The van der Waals surface area contributed by atoms with E-state index in [1.54, 1.807) is 6.92 Å². The lowest BCUT2D eigenvalue weighted by atomic mass is 10.4. The number of hydrogen-bond acceptors (Lipinski definition) is 7. The SMILES string of the molecule is CC(NS(=O)(=O)c1csc(CO)c1)c1nn[nH]n1. The van der Waals surface area contributed by atoms with Crippen LogP contribution in [-0.2, 0) is 16.6 Å². The molecule has 8 nitrogen and oxygen atoms in total. The first kappa shape index (κ1) is 13.1. The highest BCUT2D eigenvalue weighted by Crippen LogP contribution is 2.20. The van der Waals surface area contributed by atoms with Gasteiger partial charge in [0, 0.05) is 10.3 Å². The molecule has 98 valence electrons. The standard InChI is InChI=1S/C8H11N5O3S2/c1-5(8-9-12-13-10-8)11-18(15,16)7-2-6(3-14)17-4-7/h2,4-5,11,14H,3H2,1H3,(H,9,10,12,13). The fraction of sp³-hybridized carbons (Fsp3) is 0.375. The molecule has 18 heavy (non-hydrogen) atoms. The van der Waals surface area contributed by atoms with E-state index >= 15 is 0 Å². The van der Waals surface area contributed by atoms with E-state index in [2.05, 4.69) is 25.3 Å². The summed E-state index contributed by atoms with van der Waals surface area (Å²) in [6.07, 6.45) is 0. The van der Waals surface area contributed by atoms with Crippen LogP contribution in [0.15, 0.2) is 16.3 Å². The van der Waals surface area contributed by atoms with E-state index in [4.69, 9.17) is 5.11 Å². The molecule has 0 aliphatic carbocycles. The fourth-order valence-electron chi connectivity index (χ4n) is 1.29. The van der Waals surface area contributed by atoms with Crippen molar-refractivity contribution < 1.29 is 13.5 Å². The van der Waals surface area contributed by atoms with Gasteiger partial charge in [0.25, 0.3) is 0 Å². The average Bonchev–Trinajstić information content (AvgIpc) is 3.00. The van der Waals surface area contributed by atoms with Crippen molar-refractivity contribution in [3.63, 3.8) is 0 Å². The van der Waals surface area contributed by atoms with E-state index in [-0.39, 0.29) is 17.3 Å². The van der Waals surface area contributed by atoms with Crippen LogP contribution in [0.2, 0.25) is 0 Å². The van der Waals surface area contributed by atoms with Crippen LogP contribution in [0.4, 0.5) is 0 Å². The van der Waals surface area contributed by atoms with Crippen LogP contribution in [0, 0.1) is 0 Å². The zero-order chi connectivity index (χ0) is 13.2. The molecule has 0 saturated carbocycles. The van der Waals surface area contributed by atoms with Crippen LogP contribution in [-0.4, -0.2) is 34.1 Å². The lowest BCUT2D eigenvalue weighted by Crippen LogP contribution is -2.27. The van der Waals surface area contributed by atoms with Gasteiger partial charge in [-0.1, -0.05) is 5.21 Å². The van der Waals surface area contributed by atoms with E-state index < -0.39 is 16.1 Å². The highest BCUT2D eigenvalue weighted by Gasteiger charge is 2.21. The molecular formula is C8H11N5O3S2. The predicted molar refractivity (Wildman–Crippen MR) is 63.2 cm³/mol. The van der Waals surface area contributed by atoms with Crippen LogP contribution >= 0.6 is 11.3 Å². The number of aliphatic hydroxyl groups is 1. The second kappa shape index (κ2) is 5.10. The molecule has 3 N–H and O–H groups in total. The molecule has 0 aromatic carbocycles. The van der Waals surface area contributed by atoms with Crippen LogP contribution in [0.5, 0.6) is 0 Å². The van der Waals surface area contributed by atoms with Gasteiger partial charge in [0.2, 0.25) is 10.0 Å². The van der Waals surface area contributed by atoms with Crippen molar-refractivity contribution in [2.24, 2.45) is 0 Å². The summed E-state index contributed by atoms with van der Waals surface area (Å²) in [4.78, 5) is 0.703. The minimum Gasteiger partial charge on any atom is -0.391 e. The van der Waals surface area contributed by atoms with Crippen molar-refractivity contribution in [3.05, 3.63) is 22.1 Å². The van der Waals surface area contributed by atoms with Gasteiger partial charge in [-0.3, -0.25) is 0 Å². The third-order valence-corrected chi connectivity index (χ3v) is 4.77. The Bertz CT molecular complexity index is 606. The third-order valence-electron chi connectivity index (χ3n) is 2.18. The van der Waals surface area contributed by atoms with Gasteiger partial charge in [0.05, 0.1) is 17.5 Å². The van der Waals surface area contributed by atoms with Crippen LogP contribution < -0.4 is 4.72 Å². The molecule has 2 aromatic heterocycles. The number of H-pyrrole nitrogens is 1. The Balaban J connectivity index is 2.17. The van der Waals surface area contributed by atoms with Crippen molar-refractivity contribution in [1.82, 2.24) is 25.3 Å². The molecule has 10 heteroatoms. The number of aromatic nitrogens is 4. The smallest absolute Gasteiger partial charge is 0.242 e. The quantitative estimate of drug-likeness (QED) is 0.700. The number of hydrogen-bond donors (Lipinski definition) is 3. The number of nitrogens with one attached hydrogen (secondary N) is 2. The van der Waals surface area contributed by atoms with Gasteiger partial charge >= 0.3 is 0 Å². The van der Waals surface area contributed by atoms with Gasteiger partial charge in [-0.15, -0.1) is 21.5 Å². The molecule has 0 saturated heterocycles. The molecule has 2 aromatic rings. The highest BCUT2D eigenvalue weighted by atomic mass is 32.2. The van der Waals surface area contributed by atoms with E-state index in [9.17, 15) is 8.42 Å². The molecule has 0 aliphatic heterocycles. The van der Waals surface area contributed by atoms with Crippen molar-refractivity contribution >= 4 is 21.4 Å². The Kier molecular flexibility index (Phi) is 3.71. The Labute approximate surface area is 107 Å². The summed E-state index contributed by atoms with van der Waals surface area (Å²) >= 11 is 1.18. The van der Waals surface area contributed by atoms with E-state index in [0.717, 1.165) is 0 Å². The fourth-order valence-corrected chi connectivity index (χ4v) is 3.63. The van der Waals surface area contributed by atoms with E-state index in [1.807, 2.05) is 0 Å². The molecule has 2 heterocycles. The van der Waals surface area contributed by atoms with Gasteiger partial charge in [-0.2, -0.15) is 5.21 Å². The molecule has 1 atom stereocenters. The molecular weight excluding hydrogens is 278 g/mol. The Morgan fingerprint density at radius 3 is 2.94 bits per heavy atom. The monoisotopic (exact) mass is 289 g/mol. The zero-order valence-electron chi connectivity index (χ0n) is 9.36. The number of aromatic amines is 1. The summed E-state index contributed by atoms with van der Waals surface area (Å²) in [5.74, 6) is 0.260. The lowest BCUT2D eigenvalue weighted by molar-refractivity contribution is 0.285. The van der Waals surface area contributed by atoms with Crippen molar-refractivity contribution in [2.75, 3.05) is 0 Å². The predicted octanol–water partition coefficient (Wildman–Crippen LogP) is -0.207. The largest absolute Gasteiger partial charge is 0.391 e. The van der Waals surface area contributed by atoms with Crippen LogP contribution in [0.3, 0.4) is 0 Å². The maximum atomic E-state index is 12.0. The number of tetrazole rings is 1. The number of sulfonamides is 1. The average molecular weight is 289 g/mol. The van der Waals surface area contributed by atoms with E-state index in [0.29, 0.717) is 4.88 Å². The molecule has 0 aliphatic rings. The first-order chi connectivity index (χ1) is 8.53.